The van der Waals surface area contributed by atoms with E-state index in [2.05, 4.69) is 96.9 Å². The summed E-state index contributed by atoms with van der Waals surface area (Å²) in [6.07, 6.45) is -8.30. The van der Waals surface area contributed by atoms with Gasteiger partial charge in [-0.3, -0.25) is 0 Å². The van der Waals surface area contributed by atoms with Crippen LogP contribution in [-0.2, 0) is 0 Å². The van der Waals surface area contributed by atoms with Crippen LogP contribution in [0.4, 0.5) is 92.2 Å². The summed E-state index contributed by atoms with van der Waals surface area (Å²) in [5.41, 5.74) is -6.22. The summed E-state index contributed by atoms with van der Waals surface area (Å²) >= 11 is 0. The van der Waals surface area contributed by atoms with E-state index in [1.807, 2.05) is 13.8 Å². The summed E-state index contributed by atoms with van der Waals surface area (Å²) in [7, 11) is 0. The zero-order valence-corrected chi connectivity index (χ0v) is 57.2. The molecule has 84 heavy (non-hydrogen) atoms. The van der Waals surface area contributed by atoms with Crippen molar-refractivity contribution in [2.45, 2.75) is 358 Å². The Bertz CT molecular complexity index is 1360. The number of halogens is 21. The van der Waals surface area contributed by atoms with Crippen molar-refractivity contribution in [2.24, 2.45) is 50.7 Å². The Morgan fingerprint density at radius 1 is 0.393 bits per heavy atom. The van der Waals surface area contributed by atoms with E-state index < -0.39 is 77.7 Å². The van der Waals surface area contributed by atoms with E-state index in [4.69, 9.17) is 0 Å². The quantitative estimate of drug-likeness (QED) is 0.241. The Morgan fingerprint density at radius 3 is 0.714 bits per heavy atom. The van der Waals surface area contributed by atoms with Crippen molar-refractivity contribution < 1.29 is 92.2 Å². The van der Waals surface area contributed by atoms with Gasteiger partial charge in [-0.1, -0.05) is 217 Å². The minimum absolute atomic E-state index is 0.0625. The van der Waals surface area contributed by atoms with Crippen molar-refractivity contribution >= 4 is 0 Å². The van der Waals surface area contributed by atoms with Crippen LogP contribution in [0.1, 0.15) is 309 Å². The first-order valence-corrected chi connectivity index (χ1v) is 30.3. The molecule has 3 saturated carbocycles. The lowest BCUT2D eigenvalue weighted by Gasteiger charge is -2.33. The van der Waals surface area contributed by atoms with Crippen LogP contribution in [0.3, 0.4) is 0 Å². The minimum Gasteiger partial charge on any atom is -0.244 e. The van der Waals surface area contributed by atoms with Crippen LogP contribution in [0.25, 0.3) is 0 Å². The molecule has 0 aromatic carbocycles. The highest BCUT2D eigenvalue weighted by molar-refractivity contribution is 4.89. The van der Waals surface area contributed by atoms with E-state index in [1.165, 1.54) is 111 Å². The molecule has 0 heterocycles. The molecule has 3 fully saturated rings. The van der Waals surface area contributed by atoms with Crippen molar-refractivity contribution in [3.05, 3.63) is 0 Å². The molecule has 0 spiro atoms. The van der Waals surface area contributed by atoms with Gasteiger partial charge in [0.1, 0.15) is 5.67 Å². The van der Waals surface area contributed by atoms with E-state index in [0.717, 1.165) is 52.4 Å². The average molecular weight is 1280 g/mol. The Balaban J connectivity index is -0.000000106. The van der Waals surface area contributed by atoms with Gasteiger partial charge in [0.2, 0.25) is 5.92 Å². The average Bonchev–Trinajstić information content (AvgIpc) is 4.04. The molecule has 0 N–H and O–H groups in total. The van der Waals surface area contributed by atoms with Crippen LogP contribution >= 0.6 is 0 Å². The van der Waals surface area contributed by atoms with Gasteiger partial charge in [0.05, 0.1) is 5.92 Å². The van der Waals surface area contributed by atoms with E-state index in [9.17, 15) is 92.2 Å². The Kier molecular flexibility index (Phi) is 55.2. The van der Waals surface area contributed by atoms with Crippen LogP contribution in [0.5, 0.6) is 0 Å². The molecule has 21 heteroatoms. The molecular weight excluding hydrogens is 1160 g/mol. The molecule has 0 radical (unpaired) electrons. The van der Waals surface area contributed by atoms with Gasteiger partial charge in [0, 0.05) is 12.3 Å². The summed E-state index contributed by atoms with van der Waals surface area (Å²) in [6.45, 7) is 45.8. The van der Waals surface area contributed by atoms with Gasteiger partial charge in [-0.25, -0.2) is 13.2 Å². The highest BCUT2D eigenvalue weighted by Crippen LogP contribution is 2.52. The minimum atomic E-state index is -5.24. The number of hydrogen-bond donors (Lipinski definition) is 0. The first kappa shape index (κ1) is 101. The maximum Gasteiger partial charge on any atom is 0.402 e. The standard InChI is InChI=1S/C10H20.C8H16.C6H8F6.2C6H14.C5H6F6.C5H9F3.C4H7F3.C4H8F2.C4H7F.C3H8.C2H6/c1-4-9-5-7-10(2,3)8-6-9;1-2-8-6-4-3-5-7-8;1-3-4(2,5(7,8)9)6(10,11)12;2*1-5-6(2,3)4;1-3(2,4(6,7)8)5(9,10)11;1-3-4(2)5(6,7)8;1-3(2)4(5,6)7;1-3-4(2,5)6;1-4(5)2-3-4;1-3-2;1-2/h9H,4-8H2,1-3H3;8H,2-7H2,1H3;3H2,1-2H3;2*5H2,1-4H3;1-2H3;4H,3H2,1-2H3;3H,1-2H3;3H2,1-2H3;2-3H2,1H3;3H2,1-2H3;1-2H3. The van der Waals surface area contributed by atoms with Crippen LogP contribution < -0.4 is 0 Å². The smallest absolute Gasteiger partial charge is 0.244 e. The lowest BCUT2D eigenvalue weighted by molar-refractivity contribution is -0.335. The fourth-order valence-electron chi connectivity index (χ4n) is 4.59. The van der Waals surface area contributed by atoms with E-state index in [0.29, 0.717) is 16.2 Å². The molecule has 522 valence electrons. The molecule has 0 aliphatic heterocycles. The van der Waals surface area contributed by atoms with Crippen molar-refractivity contribution in [1.29, 1.82) is 0 Å². The van der Waals surface area contributed by atoms with Gasteiger partial charge in [-0.05, 0) is 114 Å². The van der Waals surface area contributed by atoms with Crippen LogP contribution in [0, 0.1) is 50.7 Å². The molecule has 0 aromatic heterocycles. The van der Waals surface area contributed by atoms with Gasteiger partial charge >= 0.3 is 37.1 Å². The van der Waals surface area contributed by atoms with Gasteiger partial charge in [-0.2, -0.15) is 79.0 Å². The number of rotatable bonds is 5. The molecule has 1 atom stereocenters. The summed E-state index contributed by atoms with van der Waals surface area (Å²) in [5, 5.41) is 0. The lowest BCUT2D eigenvalue weighted by Crippen LogP contribution is -2.47. The molecule has 0 aromatic rings. The molecule has 3 rings (SSSR count). The van der Waals surface area contributed by atoms with E-state index in [1.54, 1.807) is 6.92 Å². The van der Waals surface area contributed by atoms with Crippen molar-refractivity contribution in [3.63, 3.8) is 0 Å². The van der Waals surface area contributed by atoms with Gasteiger partial charge in [-0.15, -0.1) is 0 Å². The Morgan fingerprint density at radius 2 is 0.631 bits per heavy atom. The van der Waals surface area contributed by atoms with E-state index >= 15 is 0 Å². The molecule has 1 unspecified atom stereocenters. The fourth-order valence-corrected chi connectivity index (χ4v) is 4.59. The first-order chi connectivity index (χ1) is 36.9. The molecule has 0 amide bonds. The zero-order valence-electron chi connectivity index (χ0n) is 57.2. The molecule has 0 nitrogen and oxygen atoms in total. The van der Waals surface area contributed by atoms with E-state index in [-0.39, 0.29) is 33.6 Å². The summed E-state index contributed by atoms with van der Waals surface area (Å²) in [4.78, 5) is 0. The largest absolute Gasteiger partial charge is 0.402 e. The number of alkyl halides is 21. The fraction of sp³-hybridized carbons (Fsp3) is 1.00. The van der Waals surface area contributed by atoms with Crippen LogP contribution in [0.15, 0.2) is 0 Å². The van der Waals surface area contributed by atoms with Crippen LogP contribution in [-0.4, -0.2) is 48.6 Å². The van der Waals surface area contributed by atoms with Crippen LogP contribution in [0.2, 0.25) is 0 Å². The van der Waals surface area contributed by atoms with Gasteiger partial charge in [0.25, 0.3) is 0 Å². The topological polar surface area (TPSA) is 0 Å². The van der Waals surface area contributed by atoms with Crippen molar-refractivity contribution in [3.8, 4) is 0 Å². The van der Waals surface area contributed by atoms with Gasteiger partial charge < -0.3 is 0 Å². The molecule has 0 saturated heterocycles. The third kappa shape index (κ3) is 63.5. The van der Waals surface area contributed by atoms with Crippen molar-refractivity contribution in [1.82, 2.24) is 0 Å². The summed E-state index contributed by atoms with van der Waals surface area (Å²) < 4.78 is 244. The maximum absolute atomic E-state index is 11.9. The second kappa shape index (κ2) is 45.7. The van der Waals surface area contributed by atoms with Gasteiger partial charge in [0.15, 0.2) is 10.8 Å². The molecular formula is C63H123F21. The SMILES string of the molecule is CC.CC(C)(C(F)(F)F)C(F)(F)F.CC(C)C(F)(F)F.CC1(F)CC1.CCC.CCC(C)(C(F)(F)F)C(F)(F)F.CCC(C)(C)C.CCC(C)(C)C.CCC(C)(F)F.CCC(C)C(F)(F)F.CCC1CCC(C)(C)CC1.CCC1CCCCC1. The normalized spacial score (nSPS) is 16.8. The second-order valence-electron chi connectivity index (χ2n) is 26.1. The zero-order chi connectivity index (χ0) is 70.2. The molecule has 3 aliphatic rings. The summed E-state index contributed by atoms with van der Waals surface area (Å²) in [5.74, 6) is -2.67. The predicted octanol–water partition coefficient (Wildman–Crippen LogP) is 28.9. The molecule has 0 bridgehead atoms. The highest BCUT2D eigenvalue weighted by atomic mass is 19.4. The maximum atomic E-state index is 11.9. The molecule has 3 aliphatic carbocycles. The Hall–Kier alpha value is -1.47. The first-order valence-electron chi connectivity index (χ1n) is 30.3. The third-order valence-corrected chi connectivity index (χ3v) is 14.2. The monoisotopic (exact) mass is 1280 g/mol. The Labute approximate surface area is 499 Å². The highest BCUT2D eigenvalue weighted by Gasteiger charge is 2.66. The number of hydrogen-bond acceptors (Lipinski definition) is 0. The predicted molar refractivity (Wildman–Crippen MR) is 312 cm³/mol. The third-order valence-electron chi connectivity index (χ3n) is 14.2. The summed E-state index contributed by atoms with van der Waals surface area (Å²) in [6, 6.07) is 0. The second-order valence-corrected chi connectivity index (χ2v) is 26.1. The lowest BCUT2D eigenvalue weighted by atomic mass is 9.72. The van der Waals surface area contributed by atoms with Crippen molar-refractivity contribution in [2.75, 3.05) is 0 Å².